The van der Waals surface area contributed by atoms with E-state index in [1.54, 1.807) is 0 Å². The standard InChI is InChI=1S/C14H22O8/c1-14(2)21-10-8-17-3-5-19-12(15)7-13(16)20-6-4-18-9-11(10)22-14/h10-11H,3-9H2,1-2H3/t10-,11-/m0/s1. The van der Waals surface area contributed by atoms with Gasteiger partial charge in [0.1, 0.15) is 31.8 Å². The molecule has 8 heteroatoms. The summed E-state index contributed by atoms with van der Waals surface area (Å²) in [5.74, 6) is -1.97. The predicted octanol–water partition coefficient (Wildman–Crippen LogP) is 0.0298. The van der Waals surface area contributed by atoms with Crippen LogP contribution in [0.1, 0.15) is 20.3 Å². The lowest BCUT2D eigenvalue weighted by molar-refractivity contribution is -0.159. The van der Waals surface area contributed by atoms with Gasteiger partial charge in [-0.15, -0.1) is 0 Å². The van der Waals surface area contributed by atoms with Gasteiger partial charge in [-0.25, -0.2) is 0 Å². The van der Waals surface area contributed by atoms with Gasteiger partial charge in [-0.1, -0.05) is 0 Å². The molecule has 2 atom stereocenters. The molecular formula is C14H22O8. The van der Waals surface area contributed by atoms with Gasteiger partial charge >= 0.3 is 11.9 Å². The van der Waals surface area contributed by atoms with Crippen molar-refractivity contribution in [2.24, 2.45) is 0 Å². The first-order chi connectivity index (χ1) is 10.5. The Labute approximate surface area is 128 Å². The van der Waals surface area contributed by atoms with Gasteiger partial charge in [0.05, 0.1) is 26.4 Å². The molecule has 0 N–H and O–H groups in total. The molecule has 0 spiro atoms. The van der Waals surface area contributed by atoms with Crippen molar-refractivity contribution in [3.05, 3.63) is 0 Å². The van der Waals surface area contributed by atoms with E-state index in [2.05, 4.69) is 0 Å². The van der Waals surface area contributed by atoms with Gasteiger partial charge < -0.3 is 28.4 Å². The maximum absolute atomic E-state index is 11.3. The number of hydrogen-bond acceptors (Lipinski definition) is 8. The largest absolute Gasteiger partial charge is 0.463 e. The van der Waals surface area contributed by atoms with Gasteiger partial charge in [-0.2, -0.15) is 0 Å². The lowest BCUT2D eigenvalue weighted by Crippen LogP contribution is -2.32. The summed E-state index contributed by atoms with van der Waals surface area (Å²) in [6, 6.07) is 0. The highest BCUT2D eigenvalue weighted by Gasteiger charge is 2.41. The Kier molecular flexibility index (Phi) is 6.13. The van der Waals surface area contributed by atoms with Gasteiger partial charge in [-0.3, -0.25) is 9.59 Å². The topological polar surface area (TPSA) is 89.5 Å². The summed E-state index contributed by atoms with van der Waals surface area (Å²) < 4.78 is 32.1. The number of esters is 2. The Morgan fingerprint density at radius 2 is 1.27 bits per heavy atom. The van der Waals surface area contributed by atoms with Gasteiger partial charge in [0, 0.05) is 0 Å². The number of cyclic esters (lactones) is 2. The molecule has 0 saturated carbocycles. The van der Waals surface area contributed by atoms with Crippen molar-refractivity contribution in [1.29, 1.82) is 0 Å². The summed E-state index contributed by atoms with van der Waals surface area (Å²) in [5, 5.41) is 0. The number of ether oxygens (including phenoxy) is 6. The minimum atomic E-state index is -0.702. The van der Waals surface area contributed by atoms with Crippen LogP contribution in [0, 0.1) is 0 Å². The maximum Gasteiger partial charge on any atom is 0.317 e. The number of carbonyl (C=O) groups is 2. The van der Waals surface area contributed by atoms with E-state index in [-0.39, 0.29) is 38.6 Å². The first kappa shape index (κ1) is 17.1. The van der Waals surface area contributed by atoms with Gasteiger partial charge in [-0.05, 0) is 13.8 Å². The molecule has 2 rings (SSSR count). The first-order valence-corrected chi connectivity index (χ1v) is 7.29. The van der Waals surface area contributed by atoms with Crippen LogP contribution in [0.15, 0.2) is 0 Å². The molecule has 2 aliphatic rings. The minimum Gasteiger partial charge on any atom is -0.463 e. The highest BCUT2D eigenvalue weighted by molar-refractivity contribution is 5.91. The van der Waals surface area contributed by atoms with Crippen molar-refractivity contribution in [3.8, 4) is 0 Å². The second kappa shape index (κ2) is 7.87. The molecule has 0 aromatic heterocycles. The Morgan fingerprint density at radius 1 is 0.818 bits per heavy atom. The molecule has 0 unspecified atom stereocenters. The number of rotatable bonds is 0. The van der Waals surface area contributed by atoms with E-state index in [1.165, 1.54) is 0 Å². The van der Waals surface area contributed by atoms with Crippen molar-refractivity contribution in [2.45, 2.75) is 38.3 Å². The Hall–Kier alpha value is -1.22. The summed E-state index contributed by atoms with van der Waals surface area (Å²) in [6.45, 7) is 4.84. The fourth-order valence-corrected chi connectivity index (χ4v) is 2.24. The minimum absolute atomic E-state index is 0.0737. The third kappa shape index (κ3) is 5.53. The van der Waals surface area contributed by atoms with Crippen LogP contribution in [0.2, 0.25) is 0 Å². The Morgan fingerprint density at radius 3 is 1.73 bits per heavy atom. The zero-order chi connectivity index (χ0) is 16.0. The molecule has 2 heterocycles. The van der Waals surface area contributed by atoms with E-state index < -0.39 is 24.1 Å². The lowest BCUT2D eigenvalue weighted by atomic mass is 10.2. The Bertz CT molecular complexity index is 360. The van der Waals surface area contributed by atoms with Crippen LogP contribution < -0.4 is 0 Å². The number of carbonyl (C=O) groups excluding carboxylic acids is 2. The normalized spacial score (nSPS) is 31.4. The third-order valence-electron chi connectivity index (χ3n) is 3.12. The highest BCUT2D eigenvalue weighted by Crippen LogP contribution is 2.28. The summed E-state index contributed by atoms with van der Waals surface area (Å²) in [5.41, 5.74) is 0. The molecule has 2 saturated heterocycles. The average molecular weight is 318 g/mol. The van der Waals surface area contributed by atoms with Crippen molar-refractivity contribution >= 4 is 11.9 Å². The van der Waals surface area contributed by atoms with E-state index in [9.17, 15) is 9.59 Å². The van der Waals surface area contributed by atoms with Gasteiger partial charge in [0.2, 0.25) is 0 Å². The van der Waals surface area contributed by atoms with Crippen molar-refractivity contribution < 1.29 is 38.0 Å². The van der Waals surface area contributed by atoms with E-state index >= 15 is 0 Å². The van der Waals surface area contributed by atoms with E-state index in [0.29, 0.717) is 13.2 Å². The third-order valence-corrected chi connectivity index (χ3v) is 3.12. The van der Waals surface area contributed by atoms with Crippen molar-refractivity contribution in [2.75, 3.05) is 39.6 Å². The van der Waals surface area contributed by atoms with E-state index in [1.807, 2.05) is 13.8 Å². The second-order valence-electron chi connectivity index (χ2n) is 5.48. The molecule has 0 aromatic rings. The highest BCUT2D eigenvalue weighted by atomic mass is 16.8. The summed E-state index contributed by atoms with van der Waals surface area (Å²) in [6.07, 6.45) is -0.942. The average Bonchev–Trinajstić information content (AvgIpc) is 2.71. The molecule has 22 heavy (non-hydrogen) atoms. The lowest BCUT2D eigenvalue weighted by Gasteiger charge is -2.16. The quantitative estimate of drug-likeness (QED) is 0.456. The smallest absolute Gasteiger partial charge is 0.317 e. The molecule has 0 aromatic carbocycles. The molecule has 126 valence electrons. The van der Waals surface area contributed by atoms with Gasteiger partial charge in [0.25, 0.3) is 0 Å². The molecule has 0 amide bonds. The monoisotopic (exact) mass is 318 g/mol. The second-order valence-corrected chi connectivity index (χ2v) is 5.48. The van der Waals surface area contributed by atoms with Crippen molar-refractivity contribution in [1.82, 2.24) is 0 Å². The van der Waals surface area contributed by atoms with Crippen LogP contribution in [-0.2, 0) is 38.0 Å². The predicted molar refractivity (Wildman–Crippen MR) is 72.0 cm³/mol. The van der Waals surface area contributed by atoms with Crippen LogP contribution in [-0.4, -0.2) is 69.6 Å². The number of hydrogen-bond donors (Lipinski definition) is 0. The molecule has 0 bridgehead atoms. The summed E-state index contributed by atoms with van der Waals surface area (Å²) >= 11 is 0. The Balaban J connectivity index is 1.88. The molecule has 0 aliphatic carbocycles. The zero-order valence-corrected chi connectivity index (χ0v) is 12.9. The molecule has 8 nitrogen and oxygen atoms in total. The maximum atomic E-state index is 11.3. The summed E-state index contributed by atoms with van der Waals surface area (Å²) in [4.78, 5) is 22.7. The van der Waals surface area contributed by atoms with E-state index in [0.717, 1.165) is 0 Å². The molecule has 2 fully saturated rings. The number of fused-ring (bicyclic) bond motifs is 1. The van der Waals surface area contributed by atoms with Crippen LogP contribution >= 0.6 is 0 Å². The zero-order valence-electron chi connectivity index (χ0n) is 12.9. The van der Waals surface area contributed by atoms with Crippen LogP contribution in [0.4, 0.5) is 0 Å². The molecule has 0 radical (unpaired) electrons. The summed E-state index contributed by atoms with van der Waals surface area (Å²) in [7, 11) is 0. The van der Waals surface area contributed by atoms with Crippen LogP contribution in [0.3, 0.4) is 0 Å². The SMILES string of the molecule is CC1(C)O[C@H]2COCCOC(=O)CC(=O)OCCOC[C@@H]2O1. The molecule has 2 aliphatic heterocycles. The van der Waals surface area contributed by atoms with Crippen LogP contribution in [0.25, 0.3) is 0 Å². The van der Waals surface area contributed by atoms with E-state index in [4.69, 9.17) is 28.4 Å². The van der Waals surface area contributed by atoms with Crippen LogP contribution in [0.5, 0.6) is 0 Å². The van der Waals surface area contributed by atoms with Crippen molar-refractivity contribution in [3.63, 3.8) is 0 Å². The fourth-order valence-electron chi connectivity index (χ4n) is 2.24. The first-order valence-electron chi connectivity index (χ1n) is 7.29. The van der Waals surface area contributed by atoms with Gasteiger partial charge in [0.15, 0.2) is 5.79 Å². The molecular weight excluding hydrogens is 296 g/mol. The fraction of sp³-hybridized carbons (Fsp3) is 0.857.